The lowest BCUT2D eigenvalue weighted by Crippen LogP contribution is -2.21. The summed E-state index contributed by atoms with van der Waals surface area (Å²) in [6.45, 7) is 2.17. The molecule has 0 radical (unpaired) electrons. The molecule has 0 amide bonds. The second-order valence-corrected chi connectivity index (χ2v) is 5.36. The summed E-state index contributed by atoms with van der Waals surface area (Å²) in [5, 5.41) is 11.4. The molecule has 0 saturated heterocycles. The van der Waals surface area contributed by atoms with Crippen LogP contribution in [0, 0.1) is 5.41 Å². The fraction of sp³-hybridized carbons (Fsp3) is 0.400. The van der Waals surface area contributed by atoms with Crippen molar-refractivity contribution in [1.82, 2.24) is 4.98 Å². The number of aromatic nitrogens is 1. The zero-order valence-corrected chi connectivity index (χ0v) is 10.1. The second-order valence-electron chi connectivity index (χ2n) is 5.36. The van der Waals surface area contributed by atoms with Crippen LogP contribution in [0.2, 0.25) is 0 Å². The van der Waals surface area contributed by atoms with E-state index < -0.39 is 0 Å². The first-order valence-corrected chi connectivity index (χ1v) is 6.20. The van der Waals surface area contributed by atoms with Gasteiger partial charge in [-0.2, -0.15) is 0 Å². The predicted molar refractivity (Wildman–Crippen MR) is 68.8 cm³/mol. The minimum atomic E-state index is -0.228. The van der Waals surface area contributed by atoms with Crippen LogP contribution in [-0.4, -0.2) is 16.2 Å². The van der Waals surface area contributed by atoms with Crippen molar-refractivity contribution in [2.24, 2.45) is 5.41 Å². The van der Waals surface area contributed by atoms with Crippen LogP contribution in [0.25, 0.3) is 10.9 Å². The fourth-order valence-electron chi connectivity index (χ4n) is 2.32. The molecule has 0 aliphatic heterocycles. The van der Waals surface area contributed by atoms with E-state index in [1.54, 1.807) is 0 Å². The van der Waals surface area contributed by atoms with E-state index in [-0.39, 0.29) is 11.5 Å². The number of hydrogen-bond donors (Lipinski definition) is 1. The topological polar surface area (TPSA) is 33.1 Å². The molecule has 1 saturated carbocycles. The Morgan fingerprint density at radius 2 is 2.06 bits per heavy atom. The van der Waals surface area contributed by atoms with Crippen molar-refractivity contribution in [2.45, 2.75) is 32.3 Å². The number of hydrogen-bond acceptors (Lipinski definition) is 2. The van der Waals surface area contributed by atoms with Gasteiger partial charge >= 0.3 is 0 Å². The molecule has 1 aromatic carbocycles. The zero-order valence-electron chi connectivity index (χ0n) is 10.1. The Kier molecular flexibility index (Phi) is 2.40. The van der Waals surface area contributed by atoms with Crippen LogP contribution in [0.1, 0.15) is 25.3 Å². The van der Waals surface area contributed by atoms with Crippen molar-refractivity contribution in [1.29, 1.82) is 0 Å². The van der Waals surface area contributed by atoms with Gasteiger partial charge in [0, 0.05) is 11.6 Å². The lowest BCUT2D eigenvalue weighted by Gasteiger charge is -2.18. The van der Waals surface area contributed by atoms with Gasteiger partial charge in [-0.3, -0.25) is 4.98 Å². The summed E-state index contributed by atoms with van der Waals surface area (Å²) >= 11 is 0. The molecule has 1 fully saturated rings. The first kappa shape index (κ1) is 10.7. The highest BCUT2D eigenvalue weighted by atomic mass is 16.3. The lowest BCUT2D eigenvalue weighted by atomic mass is 9.94. The molecule has 88 valence electrons. The molecule has 2 heteroatoms. The average molecular weight is 227 g/mol. The molecular formula is C15H17NO. The number of pyridine rings is 1. The predicted octanol–water partition coefficient (Wildman–Crippen LogP) is 2.94. The number of fused-ring (bicyclic) bond motifs is 1. The number of aliphatic hydroxyl groups excluding tert-OH is 1. The Morgan fingerprint density at radius 3 is 2.82 bits per heavy atom. The molecule has 0 bridgehead atoms. The van der Waals surface area contributed by atoms with Gasteiger partial charge < -0.3 is 5.11 Å². The Balaban J connectivity index is 1.94. The van der Waals surface area contributed by atoms with Crippen LogP contribution >= 0.6 is 0 Å². The molecule has 1 aliphatic carbocycles. The fourth-order valence-corrected chi connectivity index (χ4v) is 2.32. The van der Waals surface area contributed by atoms with Gasteiger partial charge in [-0.15, -0.1) is 0 Å². The monoisotopic (exact) mass is 227 g/mol. The van der Waals surface area contributed by atoms with Crippen molar-refractivity contribution in [3.8, 4) is 0 Å². The van der Waals surface area contributed by atoms with Crippen molar-refractivity contribution in [3.05, 3.63) is 42.1 Å². The quantitative estimate of drug-likeness (QED) is 0.874. The number of nitrogens with zero attached hydrogens (tertiary/aromatic N) is 1. The number of para-hydroxylation sites is 1. The van der Waals surface area contributed by atoms with Crippen LogP contribution in [0.5, 0.6) is 0 Å². The van der Waals surface area contributed by atoms with Crippen molar-refractivity contribution in [2.75, 3.05) is 0 Å². The maximum Gasteiger partial charge on any atom is 0.0704 e. The van der Waals surface area contributed by atoms with E-state index in [0.717, 1.165) is 24.8 Å². The van der Waals surface area contributed by atoms with E-state index in [1.165, 1.54) is 10.9 Å². The number of benzene rings is 1. The first-order valence-electron chi connectivity index (χ1n) is 6.20. The molecule has 17 heavy (non-hydrogen) atoms. The van der Waals surface area contributed by atoms with Gasteiger partial charge in [0.2, 0.25) is 0 Å². The molecule has 2 nitrogen and oxygen atoms in total. The summed E-state index contributed by atoms with van der Waals surface area (Å²) in [5.74, 6) is 0. The molecule has 1 heterocycles. The minimum absolute atomic E-state index is 0.157. The lowest BCUT2D eigenvalue weighted by molar-refractivity contribution is 0.103. The maximum atomic E-state index is 10.2. The smallest absolute Gasteiger partial charge is 0.0704 e. The molecule has 1 atom stereocenters. The van der Waals surface area contributed by atoms with E-state index in [9.17, 15) is 5.11 Å². The summed E-state index contributed by atoms with van der Waals surface area (Å²) in [5.41, 5.74) is 2.37. The van der Waals surface area contributed by atoms with Crippen molar-refractivity contribution in [3.63, 3.8) is 0 Å². The molecule has 0 spiro atoms. The van der Waals surface area contributed by atoms with E-state index in [1.807, 2.05) is 30.5 Å². The van der Waals surface area contributed by atoms with Gasteiger partial charge in [-0.05, 0) is 42.4 Å². The van der Waals surface area contributed by atoms with E-state index in [4.69, 9.17) is 0 Å². The first-order chi connectivity index (χ1) is 8.19. The van der Waals surface area contributed by atoms with E-state index in [0.29, 0.717) is 0 Å². The standard InChI is InChI=1S/C15H17NO/c1-15(7-8-15)14(17)10-11-6-9-16-13-5-3-2-4-12(11)13/h2-6,9,14,17H,7-8,10H2,1H3. The summed E-state index contributed by atoms with van der Waals surface area (Å²) in [6, 6.07) is 10.2. The van der Waals surface area contributed by atoms with Gasteiger partial charge in [-0.25, -0.2) is 0 Å². The highest BCUT2D eigenvalue weighted by Gasteiger charge is 2.43. The normalized spacial score (nSPS) is 19.2. The third kappa shape index (κ3) is 1.93. The Morgan fingerprint density at radius 1 is 1.29 bits per heavy atom. The van der Waals surface area contributed by atoms with Gasteiger partial charge in [0.25, 0.3) is 0 Å². The molecule has 1 unspecified atom stereocenters. The summed E-state index contributed by atoms with van der Waals surface area (Å²) in [7, 11) is 0. The van der Waals surface area contributed by atoms with Crippen LogP contribution in [-0.2, 0) is 6.42 Å². The van der Waals surface area contributed by atoms with E-state index >= 15 is 0 Å². The molecule has 2 aromatic rings. The van der Waals surface area contributed by atoms with Crippen LogP contribution in [0.3, 0.4) is 0 Å². The molecule has 1 aromatic heterocycles. The number of rotatable bonds is 3. The molecule has 3 rings (SSSR count). The van der Waals surface area contributed by atoms with Crippen LogP contribution in [0.4, 0.5) is 0 Å². The summed E-state index contributed by atoms with van der Waals surface area (Å²) in [4.78, 5) is 4.35. The Labute approximate surface area is 101 Å². The Hall–Kier alpha value is -1.41. The van der Waals surface area contributed by atoms with Crippen molar-refractivity contribution < 1.29 is 5.11 Å². The summed E-state index contributed by atoms with van der Waals surface area (Å²) < 4.78 is 0. The van der Waals surface area contributed by atoms with Gasteiger partial charge in [-0.1, -0.05) is 25.1 Å². The third-order valence-electron chi connectivity index (χ3n) is 4.00. The highest BCUT2D eigenvalue weighted by molar-refractivity contribution is 5.81. The van der Waals surface area contributed by atoms with E-state index in [2.05, 4.69) is 18.0 Å². The largest absolute Gasteiger partial charge is 0.392 e. The molecular weight excluding hydrogens is 210 g/mol. The second kappa shape index (κ2) is 3.81. The van der Waals surface area contributed by atoms with Gasteiger partial charge in [0.15, 0.2) is 0 Å². The Bertz CT molecular complexity index is 540. The van der Waals surface area contributed by atoms with Gasteiger partial charge in [0.05, 0.1) is 11.6 Å². The third-order valence-corrected chi connectivity index (χ3v) is 4.00. The SMILES string of the molecule is CC1(C(O)Cc2ccnc3ccccc23)CC1. The minimum Gasteiger partial charge on any atom is -0.392 e. The molecule has 1 aliphatic rings. The maximum absolute atomic E-state index is 10.2. The zero-order chi connectivity index (χ0) is 11.9. The average Bonchev–Trinajstić information content (AvgIpc) is 3.09. The molecule has 1 N–H and O–H groups in total. The highest BCUT2D eigenvalue weighted by Crippen LogP contribution is 2.49. The van der Waals surface area contributed by atoms with Crippen LogP contribution in [0.15, 0.2) is 36.5 Å². The van der Waals surface area contributed by atoms with Crippen molar-refractivity contribution >= 4 is 10.9 Å². The van der Waals surface area contributed by atoms with Crippen LogP contribution < -0.4 is 0 Å². The number of aliphatic hydroxyl groups is 1. The van der Waals surface area contributed by atoms with Gasteiger partial charge in [0.1, 0.15) is 0 Å². The summed E-state index contributed by atoms with van der Waals surface area (Å²) in [6.07, 6.45) is 4.64.